The van der Waals surface area contributed by atoms with Gasteiger partial charge in [0.2, 0.25) is 5.76 Å². The fraction of sp³-hybridized carbons (Fsp3) is 0.296. The second-order valence-electron chi connectivity index (χ2n) is 9.27. The number of carbonyl (C=O) groups excluding carboxylic acids is 2. The summed E-state index contributed by atoms with van der Waals surface area (Å²) in [6.07, 6.45) is 1.35. The van der Waals surface area contributed by atoms with Crippen molar-refractivity contribution in [2.45, 2.75) is 25.7 Å². The lowest BCUT2D eigenvalue weighted by molar-refractivity contribution is -0.150. The summed E-state index contributed by atoms with van der Waals surface area (Å²) in [6, 6.07) is 17.7. The van der Waals surface area contributed by atoms with E-state index in [0.717, 1.165) is 22.3 Å². The lowest BCUT2D eigenvalue weighted by atomic mass is 9.80. The molecule has 8 nitrogen and oxygen atoms in total. The molecule has 2 aliphatic rings. The number of rotatable bonds is 5. The van der Waals surface area contributed by atoms with Crippen molar-refractivity contribution in [3.05, 3.63) is 77.7 Å². The smallest absolute Gasteiger partial charge is 0.411 e. The summed E-state index contributed by atoms with van der Waals surface area (Å²) < 4.78 is 10.9. The molecule has 0 spiro atoms. The minimum Gasteiger partial charge on any atom is -0.481 e. The SMILES string of the molecule is CC1(C(=O)O)CCN(C(=O)c2occc2NC(=O)OCC2c3ccccc3-c3ccccc32)CC1. The summed E-state index contributed by atoms with van der Waals surface area (Å²) in [5.41, 5.74) is 3.88. The number of ether oxygens (including phenoxy) is 1. The molecule has 3 aromatic rings. The van der Waals surface area contributed by atoms with Crippen LogP contribution in [0.25, 0.3) is 11.1 Å². The molecule has 1 saturated heterocycles. The van der Waals surface area contributed by atoms with Gasteiger partial charge in [-0.15, -0.1) is 0 Å². The number of anilines is 1. The number of nitrogens with one attached hydrogen (secondary N) is 1. The fourth-order valence-corrected chi connectivity index (χ4v) is 4.88. The van der Waals surface area contributed by atoms with Crippen molar-refractivity contribution >= 4 is 23.7 Å². The third-order valence-corrected chi connectivity index (χ3v) is 7.11. The van der Waals surface area contributed by atoms with E-state index in [-0.39, 0.29) is 24.0 Å². The van der Waals surface area contributed by atoms with Gasteiger partial charge < -0.3 is 19.2 Å². The number of amides is 2. The highest BCUT2D eigenvalue weighted by Crippen LogP contribution is 2.44. The van der Waals surface area contributed by atoms with Crippen LogP contribution in [0.15, 0.2) is 65.3 Å². The van der Waals surface area contributed by atoms with Crippen molar-refractivity contribution in [1.29, 1.82) is 0 Å². The van der Waals surface area contributed by atoms with E-state index in [1.54, 1.807) is 11.8 Å². The van der Waals surface area contributed by atoms with E-state index in [9.17, 15) is 19.5 Å². The van der Waals surface area contributed by atoms with E-state index in [0.29, 0.717) is 25.9 Å². The zero-order valence-electron chi connectivity index (χ0n) is 19.3. The molecular weight excluding hydrogens is 448 g/mol. The average Bonchev–Trinajstić information content (AvgIpc) is 3.45. The zero-order valence-corrected chi connectivity index (χ0v) is 19.3. The summed E-state index contributed by atoms with van der Waals surface area (Å²) in [5.74, 6) is -1.33. The van der Waals surface area contributed by atoms with Gasteiger partial charge >= 0.3 is 12.1 Å². The first-order valence-corrected chi connectivity index (χ1v) is 11.6. The van der Waals surface area contributed by atoms with Crippen molar-refractivity contribution < 1.29 is 28.6 Å². The number of benzene rings is 2. The van der Waals surface area contributed by atoms with Gasteiger partial charge in [0.15, 0.2) is 0 Å². The van der Waals surface area contributed by atoms with Crippen molar-refractivity contribution in [3.63, 3.8) is 0 Å². The van der Waals surface area contributed by atoms with Crippen molar-refractivity contribution in [1.82, 2.24) is 4.90 Å². The third kappa shape index (κ3) is 4.16. The van der Waals surface area contributed by atoms with Gasteiger partial charge in [0, 0.05) is 25.1 Å². The van der Waals surface area contributed by atoms with Gasteiger partial charge in [0.05, 0.1) is 17.4 Å². The van der Waals surface area contributed by atoms with Gasteiger partial charge in [-0.25, -0.2) is 4.79 Å². The number of carboxylic acid groups (broad SMARTS) is 1. The molecule has 2 heterocycles. The van der Waals surface area contributed by atoms with E-state index in [4.69, 9.17) is 9.15 Å². The predicted molar refractivity (Wildman–Crippen MR) is 128 cm³/mol. The fourth-order valence-electron chi connectivity index (χ4n) is 4.88. The Hall–Kier alpha value is -4.07. The molecule has 0 radical (unpaired) electrons. The van der Waals surface area contributed by atoms with Gasteiger partial charge in [-0.2, -0.15) is 0 Å². The first-order valence-electron chi connectivity index (χ1n) is 11.6. The summed E-state index contributed by atoms with van der Waals surface area (Å²) in [4.78, 5) is 38.6. The van der Waals surface area contributed by atoms with Crippen LogP contribution in [0.4, 0.5) is 10.5 Å². The van der Waals surface area contributed by atoms with Crippen LogP contribution in [0.3, 0.4) is 0 Å². The van der Waals surface area contributed by atoms with Crippen LogP contribution in [-0.4, -0.2) is 47.7 Å². The Morgan fingerprint density at radius 3 is 2.23 bits per heavy atom. The largest absolute Gasteiger partial charge is 0.481 e. The van der Waals surface area contributed by atoms with Crippen LogP contribution in [0, 0.1) is 5.41 Å². The minimum atomic E-state index is -0.861. The lowest BCUT2D eigenvalue weighted by Crippen LogP contribution is -2.45. The topological polar surface area (TPSA) is 109 Å². The molecule has 0 unspecified atom stereocenters. The van der Waals surface area contributed by atoms with Gasteiger partial charge in [0.1, 0.15) is 6.61 Å². The molecule has 2 aromatic carbocycles. The Kier molecular flexibility index (Phi) is 5.80. The quantitative estimate of drug-likeness (QED) is 0.541. The molecule has 2 N–H and O–H groups in total. The molecule has 180 valence electrons. The van der Waals surface area contributed by atoms with Gasteiger partial charge in [-0.05, 0) is 42.0 Å². The van der Waals surface area contributed by atoms with Crippen LogP contribution in [0.1, 0.15) is 47.4 Å². The maximum absolute atomic E-state index is 13.0. The number of nitrogens with zero attached hydrogens (tertiary/aromatic N) is 1. The first kappa shape index (κ1) is 22.7. The molecule has 0 atom stereocenters. The third-order valence-electron chi connectivity index (χ3n) is 7.11. The molecular formula is C27H26N2O6. The molecule has 8 heteroatoms. The second kappa shape index (κ2) is 8.94. The van der Waals surface area contributed by atoms with Crippen LogP contribution < -0.4 is 5.32 Å². The maximum atomic E-state index is 13.0. The van der Waals surface area contributed by atoms with E-state index in [1.165, 1.54) is 12.3 Å². The van der Waals surface area contributed by atoms with Crippen LogP contribution in [0.2, 0.25) is 0 Å². The second-order valence-corrected chi connectivity index (χ2v) is 9.27. The number of likely N-dealkylation sites (tertiary alicyclic amines) is 1. The number of aliphatic carboxylic acids is 1. The predicted octanol–water partition coefficient (Wildman–Crippen LogP) is 4.97. The van der Waals surface area contributed by atoms with Crippen LogP contribution >= 0.6 is 0 Å². The molecule has 0 bridgehead atoms. The molecule has 1 fully saturated rings. The molecule has 1 aliphatic carbocycles. The Morgan fingerprint density at radius 2 is 1.63 bits per heavy atom. The number of fused-ring (bicyclic) bond motifs is 3. The highest BCUT2D eigenvalue weighted by atomic mass is 16.5. The Morgan fingerprint density at radius 1 is 1.03 bits per heavy atom. The molecule has 2 amide bonds. The molecule has 1 aromatic heterocycles. The van der Waals surface area contributed by atoms with E-state index in [2.05, 4.69) is 17.4 Å². The van der Waals surface area contributed by atoms with Gasteiger partial charge in [0.25, 0.3) is 5.91 Å². The highest BCUT2D eigenvalue weighted by Gasteiger charge is 2.39. The average molecular weight is 475 g/mol. The number of carbonyl (C=O) groups is 3. The highest BCUT2D eigenvalue weighted by molar-refractivity contribution is 6.00. The van der Waals surface area contributed by atoms with Crippen molar-refractivity contribution in [2.24, 2.45) is 5.41 Å². The van der Waals surface area contributed by atoms with Gasteiger partial charge in [-0.3, -0.25) is 14.9 Å². The number of hydrogen-bond acceptors (Lipinski definition) is 5. The van der Waals surface area contributed by atoms with Gasteiger partial charge in [-0.1, -0.05) is 48.5 Å². The van der Waals surface area contributed by atoms with E-state index >= 15 is 0 Å². The Labute approximate surface area is 202 Å². The minimum absolute atomic E-state index is 0.00237. The molecule has 0 saturated carbocycles. The Bertz CT molecular complexity index is 1240. The summed E-state index contributed by atoms with van der Waals surface area (Å²) in [7, 11) is 0. The zero-order chi connectivity index (χ0) is 24.6. The number of piperidine rings is 1. The monoisotopic (exact) mass is 474 g/mol. The molecule has 1 aliphatic heterocycles. The number of carboxylic acids is 1. The number of hydrogen-bond donors (Lipinski definition) is 2. The molecule has 5 rings (SSSR count). The van der Waals surface area contributed by atoms with E-state index in [1.807, 2.05) is 36.4 Å². The van der Waals surface area contributed by atoms with Crippen LogP contribution in [0.5, 0.6) is 0 Å². The Balaban J connectivity index is 1.23. The lowest BCUT2D eigenvalue weighted by Gasteiger charge is -2.36. The normalized spacial score (nSPS) is 16.3. The standard InChI is InChI=1S/C27H26N2O6/c1-27(25(31)32)11-13-29(14-12-27)24(30)23-22(10-15-34-23)28-26(33)35-16-21-19-8-4-2-6-17(19)18-7-3-5-9-20(18)21/h2-10,15,21H,11-14,16H2,1H3,(H,28,33)(H,31,32). The van der Waals surface area contributed by atoms with Crippen molar-refractivity contribution in [3.8, 4) is 11.1 Å². The summed E-state index contributed by atoms with van der Waals surface area (Å²) in [6.45, 7) is 2.44. The maximum Gasteiger partial charge on any atom is 0.411 e. The summed E-state index contributed by atoms with van der Waals surface area (Å²) in [5, 5.41) is 12.0. The number of furan rings is 1. The first-order chi connectivity index (χ1) is 16.9. The van der Waals surface area contributed by atoms with Crippen molar-refractivity contribution in [2.75, 3.05) is 25.0 Å². The summed E-state index contributed by atoms with van der Waals surface area (Å²) >= 11 is 0. The molecule has 35 heavy (non-hydrogen) atoms. The van der Waals surface area contributed by atoms with Crippen LogP contribution in [-0.2, 0) is 9.53 Å². The van der Waals surface area contributed by atoms with E-state index < -0.39 is 23.4 Å².